The Kier molecular flexibility index (Phi) is 4.69. The Morgan fingerprint density at radius 1 is 1.11 bits per heavy atom. The topological polar surface area (TPSA) is 21.3 Å². The highest BCUT2D eigenvalue weighted by atomic mass is 35.5. The summed E-state index contributed by atoms with van der Waals surface area (Å²) >= 11 is 5.94. The van der Waals surface area contributed by atoms with Crippen LogP contribution in [0.15, 0.2) is 48.5 Å². The van der Waals surface area contributed by atoms with Gasteiger partial charge in [-0.25, -0.2) is 0 Å². The van der Waals surface area contributed by atoms with Gasteiger partial charge in [-0.05, 0) is 43.7 Å². The van der Waals surface area contributed by atoms with Crippen LogP contribution in [0.2, 0.25) is 5.02 Å². The molecule has 0 radical (unpaired) electrons. The number of benzene rings is 2. The molecule has 0 unspecified atom stereocenters. The number of hydrogen-bond donors (Lipinski definition) is 1. The lowest BCUT2D eigenvalue weighted by Gasteiger charge is -2.12. The van der Waals surface area contributed by atoms with Crippen LogP contribution in [0.5, 0.6) is 5.75 Å². The highest BCUT2D eigenvalue weighted by Gasteiger charge is 2.00. The zero-order valence-corrected chi connectivity index (χ0v) is 11.9. The first-order chi connectivity index (χ1) is 9.13. The molecule has 0 heterocycles. The fraction of sp³-hybridized carbons (Fsp3) is 0.250. The number of hydrogen-bond acceptors (Lipinski definition) is 2. The molecule has 0 bridgehead atoms. The normalized spacial score (nSPS) is 10.5. The number of rotatable bonds is 5. The largest absolute Gasteiger partial charge is 0.489 e. The second-order valence-electron chi connectivity index (χ2n) is 4.75. The Morgan fingerprint density at radius 3 is 2.63 bits per heavy atom. The van der Waals surface area contributed by atoms with Gasteiger partial charge >= 0.3 is 0 Å². The van der Waals surface area contributed by atoms with Gasteiger partial charge in [-0.3, -0.25) is 0 Å². The van der Waals surface area contributed by atoms with Crippen molar-refractivity contribution in [3.63, 3.8) is 0 Å². The first kappa shape index (κ1) is 13.8. The average Bonchev–Trinajstić information content (AvgIpc) is 2.36. The fourth-order valence-electron chi connectivity index (χ4n) is 1.80. The smallest absolute Gasteiger partial charge is 0.121 e. The first-order valence-corrected chi connectivity index (χ1v) is 6.75. The van der Waals surface area contributed by atoms with Crippen molar-refractivity contribution in [1.29, 1.82) is 0 Å². The van der Waals surface area contributed by atoms with E-state index >= 15 is 0 Å². The van der Waals surface area contributed by atoms with E-state index in [2.05, 4.69) is 19.2 Å². The molecule has 0 saturated heterocycles. The molecule has 2 rings (SSSR count). The van der Waals surface area contributed by atoms with E-state index in [-0.39, 0.29) is 0 Å². The van der Waals surface area contributed by atoms with E-state index in [0.29, 0.717) is 12.6 Å². The molecule has 0 atom stereocenters. The Hall–Kier alpha value is -1.67. The molecule has 0 aliphatic carbocycles. The van der Waals surface area contributed by atoms with Crippen LogP contribution in [0.25, 0.3) is 0 Å². The molecule has 0 amide bonds. The third-order valence-corrected chi connectivity index (χ3v) is 2.82. The molecule has 2 aromatic carbocycles. The quantitative estimate of drug-likeness (QED) is 0.851. The maximum Gasteiger partial charge on any atom is 0.121 e. The summed E-state index contributed by atoms with van der Waals surface area (Å²) in [6.45, 7) is 4.74. The molecule has 19 heavy (non-hydrogen) atoms. The van der Waals surface area contributed by atoms with Crippen LogP contribution in [0.3, 0.4) is 0 Å². The number of anilines is 1. The zero-order valence-electron chi connectivity index (χ0n) is 11.2. The molecular weight excluding hydrogens is 258 g/mol. The average molecular weight is 276 g/mol. The van der Waals surface area contributed by atoms with Crippen LogP contribution in [-0.4, -0.2) is 6.04 Å². The van der Waals surface area contributed by atoms with Crippen molar-refractivity contribution in [1.82, 2.24) is 0 Å². The molecule has 2 aromatic rings. The fourth-order valence-corrected chi connectivity index (χ4v) is 2.02. The van der Waals surface area contributed by atoms with Crippen molar-refractivity contribution in [3.8, 4) is 5.75 Å². The van der Waals surface area contributed by atoms with Crippen molar-refractivity contribution in [2.75, 3.05) is 5.32 Å². The van der Waals surface area contributed by atoms with Gasteiger partial charge in [0, 0.05) is 22.8 Å². The molecule has 0 aliphatic heterocycles. The van der Waals surface area contributed by atoms with Crippen molar-refractivity contribution in [2.24, 2.45) is 0 Å². The third-order valence-electron chi connectivity index (χ3n) is 2.58. The minimum absolute atomic E-state index is 0.406. The van der Waals surface area contributed by atoms with Crippen molar-refractivity contribution in [3.05, 3.63) is 59.1 Å². The summed E-state index contributed by atoms with van der Waals surface area (Å²) in [6, 6.07) is 16.1. The second-order valence-corrected chi connectivity index (χ2v) is 5.18. The SMILES string of the molecule is CC(C)Nc1cccc(OCc2cccc(Cl)c2)c1. The summed E-state index contributed by atoms with van der Waals surface area (Å²) in [7, 11) is 0. The van der Waals surface area contributed by atoms with Crippen LogP contribution in [0.1, 0.15) is 19.4 Å². The van der Waals surface area contributed by atoms with Crippen molar-refractivity contribution in [2.45, 2.75) is 26.5 Å². The number of halogens is 1. The minimum atomic E-state index is 0.406. The van der Waals surface area contributed by atoms with Gasteiger partial charge in [0.15, 0.2) is 0 Å². The van der Waals surface area contributed by atoms with E-state index in [1.54, 1.807) is 0 Å². The van der Waals surface area contributed by atoms with Crippen LogP contribution in [0, 0.1) is 0 Å². The molecule has 1 N–H and O–H groups in total. The molecule has 100 valence electrons. The van der Waals surface area contributed by atoms with Crippen molar-refractivity contribution < 1.29 is 4.74 Å². The Morgan fingerprint density at radius 2 is 1.89 bits per heavy atom. The van der Waals surface area contributed by atoms with Gasteiger partial charge in [-0.15, -0.1) is 0 Å². The molecule has 2 nitrogen and oxygen atoms in total. The Bertz CT molecular complexity index is 540. The molecule has 0 aliphatic rings. The molecular formula is C16H18ClNO. The summed E-state index contributed by atoms with van der Waals surface area (Å²) in [5.41, 5.74) is 2.13. The predicted molar refractivity (Wildman–Crippen MR) is 81.0 cm³/mol. The summed E-state index contributed by atoms with van der Waals surface area (Å²) in [5.74, 6) is 0.852. The molecule has 0 saturated carbocycles. The summed E-state index contributed by atoms with van der Waals surface area (Å²) in [5, 5.41) is 4.08. The van der Waals surface area contributed by atoms with E-state index in [0.717, 1.165) is 22.0 Å². The van der Waals surface area contributed by atoms with Crippen LogP contribution in [-0.2, 0) is 6.61 Å². The van der Waals surface area contributed by atoms with Gasteiger partial charge in [0.25, 0.3) is 0 Å². The van der Waals surface area contributed by atoms with Gasteiger partial charge in [0.1, 0.15) is 12.4 Å². The summed E-state index contributed by atoms with van der Waals surface area (Å²) in [6.07, 6.45) is 0. The molecule has 0 fully saturated rings. The van der Waals surface area contributed by atoms with Gasteiger partial charge in [0.2, 0.25) is 0 Å². The van der Waals surface area contributed by atoms with E-state index in [9.17, 15) is 0 Å². The maximum absolute atomic E-state index is 5.94. The lowest BCUT2D eigenvalue weighted by Crippen LogP contribution is -2.09. The monoisotopic (exact) mass is 275 g/mol. The predicted octanol–water partition coefficient (Wildman–Crippen LogP) is 4.74. The van der Waals surface area contributed by atoms with Crippen LogP contribution in [0.4, 0.5) is 5.69 Å². The van der Waals surface area contributed by atoms with E-state index in [1.807, 2.05) is 48.5 Å². The Labute approximate surface area is 119 Å². The van der Waals surface area contributed by atoms with Gasteiger partial charge < -0.3 is 10.1 Å². The van der Waals surface area contributed by atoms with E-state index in [1.165, 1.54) is 0 Å². The minimum Gasteiger partial charge on any atom is -0.489 e. The molecule has 0 aromatic heterocycles. The summed E-state index contributed by atoms with van der Waals surface area (Å²) in [4.78, 5) is 0. The van der Waals surface area contributed by atoms with Gasteiger partial charge in [-0.1, -0.05) is 29.8 Å². The van der Waals surface area contributed by atoms with Gasteiger partial charge in [-0.2, -0.15) is 0 Å². The number of nitrogens with one attached hydrogen (secondary N) is 1. The lowest BCUT2D eigenvalue weighted by molar-refractivity contribution is 0.306. The molecule has 0 spiro atoms. The summed E-state index contributed by atoms with van der Waals surface area (Å²) < 4.78 is 5.77. The maximum atomic E-state index is 5.94. The second kappa shape index (κ2) is 6.48. The van der Waals surface area contributed by atoms with Crippen molar-refractivity contribution >= 4 is 17.3 Å². The van der Waals surface area contributed by atoms with Crippen LogP contribution < -0.4 is 10.1 Å². The highest BCUT2D eigenvalue weighted by molar-refractivity contribution is 6.30. The number of ether oxygens (including phenoxy) is 1. The Balaban J connectivity index is 1.99. The lowest BCUT2D eigenvalue weighted by atomic mass is 10.2. The van der Waals surface area contributed by atoms with Crippen LogP contribution >= 0.6 is 11.6 Å². The first-order valence-electron chi connectivity index (χ1n) is 6.37. The van der Waals surface area contributed by atoms with E-state index < -0.39 is 0 Å². The standard InChI is InChI=1S/C16H18ClNO/c1-12(2)18-15-7-4-8-16(10-15)19-11-13-5-3-6-14(17)9-13/h3-10,12,18H,11H2,1-2H3. The third kappa shape index (κ3) is 4.49. The zero-order chi connectivity index (χ0) is 13.7. The van der Waals surface area contributed by atoms with Gasteiger partial charge in [0.05, 0.1) is 0 Å². The van der Waals surface area contributed by atoms with E-state index in [4.69, 9.17) is 16.3 Å². The highest BCUT2D eigenvalue weighted by Crippen LogP contribution is 2.20. The molecule has 3 heteroatoms.